The van der Waals surface area contributed by atoms with E-state index in [4.69, 9.17) is 0 Å². The fourth-order valence-electron chi connectivity index (χ4n) is 2.24. The number of anilines is 1. The van der Waals surface area contributed by atoms with E-state index in [9.17, 15) is 9.59 Å². The van der Waals surface area contributed by atoms with Crippen LogP contribution in [0, 0.1) is 13.8 Å². The maximum absolute atomic E-state index is 12.3. The summed E-state index contributed by atoms with van der Waals surface area (Å²) >= 11 is 0. The number of carbonyl (C=O) groups excluding carboxylic acids is 2. The number of carbonyl (C=O) groups is 2. The van der Waals surface area contributed by atoms with E-state index in [1.807, 2.05) is 32.0 Å². The number of benzene rings is 1. The molecule has 1 heterocycles. The zero-order chi connectivity index (χ0) is 13.4. The predicted molar refractivity (Wildman–Crippen MR) is 70.5 cm³/mol. The molecule has 1 aromatic rings. The van der Waals surface area contributed by atoms with Crippen molar-refractivity contribution >= 4 is 17.5 Å². The van der Waals surface area contributed by atoms with E-state index < -0.39 is 12.1 Å². The zero-order valence-electron chi connectivity index (χ0n) is 11.2. The van der Waals surface area contributed by atoms with Gasteiger partial charge in [0.1, 0.15) is 12.1 Å². The van der Waals surface area contributed by atoms with Gasteiger partial charge in [-0.1, -0.05) is 12.1 Å². The third-order valence-electron chi connectivity index (χ3n) is 3.57. The Hall–Kier alpha value is -1.84. The van der Waals surface area contributed by atoms with Gasteiger partial charge in [-0.25, -0.2) is 0 Å². The van der Waals surface area contributed by atoms with E-state index >= 15 is 0 Å². The molecule has 1 saturated heterocycles. The van der Waals surface area contributed by atoms with Crippen LogP contribution in [0.4, 0.5) is 5.69 Å². The second kappa shape index (κ2) is 4.44. The number of nitrogens with one attached hydrogen (secondary N) is 1. The first-order valence-electron chi connectivity index (χ1n) is 6.13. The maximum Gasteiger partial charge on any atom is 0.250 e. The molecule has 96 valence electrons. The summed E-state index contributed by atoms with van der Waals surface area (Å²) in [6.45, 7) is 7.44. The molecule has 2 atom stereocenters. The molecular weight excluding hydrogens is 228 g/mol. The summed E-state index contributed by atoms with van der Waals surface area (Å²) in [5.74, 6) is -0.168. The fourth-order valence-corrected chi connectivity index (χ4v) is 2.24. The summed E-state index contributed by atoms with van der Waals surface area (Å²) in [5, 5.41) is 2.68. The van der Waals surface area contributed by atoms with Crippen molar-refractivity contribution in [2.75, 3.05) is 4.90 Å². The highest BCUT2D eigenvalue weighted by molar-refractivity contribution is 6.08. The molecule has 0 saturated carbocycles. The lowest BCUT2D eigenvalue weighted by Crippen LogP contribution is -2.61. The van der Waals surface area contributed by atoms with Crippen molar-refractivity contribution < 1.29 is 9.59 Å². The minimum atomic E-state index is -0.464. The van der Waals surface area contributed by atoms with Gasteiger partial charge in [0.15, 0.2) is 0 Å². The van der Waals surface area contributed by atoms with E-state index in [0.717, 1.165) is 16.8 Å². The highest BCUT2D eigenvalue weighted by Gasteiger charge is 2.37. The normalized spacial score (nSPS) is 24.1. The van der Waals surface area contributed by atoms with Crippen LogP contribution in [-0.2, 0) is 9.59 Å². The SMILES string of the molecule is Cc1cccc(N2C(=O)C(C)NC(=O)C2C)c1C. The van der Waals surface area contributed by atoms with Crippen molar-refractivity contribution in [3.63, 3.8) is 0 Å². The molecule has 4 heteroatoms. The fraction of sp³-hybridized carbons (Fsp3) is 0.429. The number of hydrogen-bond donors (Lipinski definition) is 1. The standard InChI is InChI=1S/C14H18N2O2/c1-8-6-5-7-12(9(8)2)16-11(4)13(17)15-10(3)14(16)18/h5-7,10-11H,1-4H3,(H,15,17). The monoisotopic (exact) mass is 246 g/mol. The van der Waals surface area contributed by atoms with Crippen LogP contribution in [-0.4, -0.2) is 23.9 Å². The summed E-state index contributed by atoms with van der Waals surface area (Å²) in [6, 6.07) is 4.88. The third kappa shape index (κ3) is 1.88. The van der Waals surface area contributed by atoms with Gasteiger partial charge in [-0.2, -0.15) is 0 Å². The molecule has 0 spiro atoms. The smallest absolute Gasteiger partial charge is 0.250 e. The Morgan fingerprint density at radius 1 is 1.17 bits per heavy atom. The Bertz CT molecular complexity index is 511. The van der Waals surface area contributed by atoms with Crippen LogP contribution in [0.2, 0.25) is 0 Å². The predicted octanol–water partition coefficient (Wildman–Crippen LogP) is 1.54. The van der Waals surface area contributed by atoms with Crippen LogP contribution in [0.15, 0.2) is 18.2 Å². The van der Waals surface area contributed by atoms with Crippen molar-refractivity contribution in [2.45, 2.75) is 39.8 Å². The summed E-state index contributed by atoms with van der Waals surface area (Å²) in [6.07, 6.45) is 0. The van der Waals surface area contributed by atoms with E-state index in [0.29, 0.717) is 0 Å². The number of hydrogen-bond acceptors (Lipinski definition) is 2. The lowest BCUT2D eigenvalue weighted by Gasteiger charge is -2.37. The molecule has 2 unspecified atom stereocenters. The molecule has 1 aliphatic rings. The van der Waals surface area contributed by atoms with Gasteiger partial charge in [-0.3, -0.25) is 14.5 Å². The minimum absolute atomic E-state index is 0.0594. The Morgan fingerprint density at radius 3 is 2.50 bits per heavy atom. The highest BCUT2D eigenvalue weighted by atomic mass is 16.2. The van der Waals surface area contributed by atoms with Gasteiger partial charge in [-0.15, -0.1) is 0 Å². The zero-order valence-corrected chi connectivity index (χ0v) is 11.2. The van der Waals surface area contributed by atoms with Crippen molar-refractivity contribution in [2.24, 2.45) is 0 Å². The molecule has 1 aliphatic heterocycles. The number of aryl methyl sites for hydroxylation is 1. The van der Waals surface area contributed by atoms with Crippen LogP contribution >= 0.6 is 0 Å². The first-order chi connectivity index (χ1) is 8.43. The molecule has 2 rings (SSSR count). The number of rotatable bonds is 1. The number of nitrogens with zero attached hydrogens (tertiary/aromatic N) is 1. The van der Waals surface area contributed by atoms with Crippen LogP contribution in [0.25, 0.3) is 0 Å². The van der Waals surface area contributed by atoms with Crippen molar-refractivity contribution in [1.29, 1.82) is 0 Å². The van der Waals surface area contributed by atoms with Crippen molar-refractivity contribution in [1.82, 2.24) is 5.32 Å². The van der Waals surface area contributed by atoms with E-state index in [-0.39, 0.29) is 11.8 Å². The molecule has 1 N–H and O–H groups in total. The van der Waals surface area contributed by atoms with E-state index in [1.165, 1.54) is 0 Å². The van der Waals surface area contributed by atoms with E-state index in [1.54, 1.807) is 18.7 Å². The van der Waals surface area contributed by atoms with Crippen LogP contribution in [0.3, 0.4) is 0 Å². The molecule has 0 aliphatic carbocycles. The maximum atomic E-state index is 12.3. The number of piperazine rings is 1. The molecule has 0 aromatic heterocycles. The van der Waals surface area contributed by atoms with E-state index in [2.05, 4.69) is 5.32 Å². The van der Waals surface area contributed by atoms with Gasteiger partial charge in [0.2, 0.25) is 11.8 Å². The third-order valence-corrected chi connectivity index (χ3v) is 3.57. The Balaban J connectivity index is 2.50. The van der Waals surface area contributed by atoms with Gasteiger partial charge >= 0.3 is 0 Å². The Labute approximate surface area is 107 Å². The largest absolute Gasteiger partial charge is 0.343 e. The first kappa shape index (κ1) is 12.6. The van der Waals surface area contributed by atoms with Gasteiger partial charge < -0.3 is 5.32 Å². The van der Waals surface area contributed by atoms with Gasteiger partial charge in [-0.05, 0) is 44.9 Å². The molecule has 0 radical (unpaired) electrons. The average Bonchev–Trinajstić information content (AvgIpc) is 2.32. The van der Waals surface area contributed by atoms with Crippen molar-refractivity contribution in [3.05, 3.63) is 29.3 Å². The second-order valence-electron chi connectivity index (χ2n) is 4.83. The minimum Gasteiger partial charge on any atom is -0.343 e. The highest BCUT2D eigenvalue weighted by Crippen LogP contribution is 2.27. The first-order valence-corrected chi connectivity index (χ1v) is 6.13. The molecule has 0 bridgehead atoms. The molecule has 1 aromatic carbocycles. The molecule has 1 fully saturated rings. The van der Waals surface area contributed by atoms with Gasteiger partial charge in [0, 0.05) is 5.69 Å². The second-order valence-corrected chi connectivity index (χ2v) is 4.83. The Morgan fingerprint density at radius 2 is 1.83 bits per heavy atom. The summed E-state index contributed by atoms with van der Waals surface area (Å²) in [4.78, 5) is 25.7. The topological polar surface area (TPSA) is 49.4 Å². The molecule has 2 amide bonds. The summed E-state index contributed by atoms with van der Waals surface area (Å²) in [5.41, 5.74) is 2.99. The molecule has 18 heavy (non-hydrogen) atoms. The quantitative estimate of drug-likeness (QED) is 0.817. The van der Waals surface area contributed by atoms with Crippen LogP contribution in [0.5, 0.6) is 0 Å². The summed E-state index contributed by atoms with van der Waals surface area (Å²) < 4.78 is 0. The van der Waals surface area contributed by atoms with Crippen molar-refractivity contribution in [3.8, 4) is 0 Å². The van der Waals surface area contributed by atoms with Crippen LogP contribution in [0.1, 0.15) is 25.0 Å². The lowest BCUT2D eigenvalue weighted by molar-refractivity contribution is -0.133. The van der Waals surface area contributed by atoms with Gasteiger partial charge in [0.05, 0.1) is 0 Å². The Kier molecular flexibility index (Phi) is 3.11. The summed E-state index contributed by atoms with van der Waals surface area (Å²) in [7, 11) is 0. The van der Waals surface area contributed by atoms with Gasteiger partial charge in [0.25, 0.3) is 0 Å². The number of amides is 2. The molecular formula is C14H18N2O2. The lowest BCUT2D eigenvalue weighted by atomic mass is 10.0. The van der Waals surface area contributed by atoms with Crippen LogP contribution < -0.4 is 10.2 Å². The molecule has 4 nitrogen and oxygen atoms in total. The average molecular weight is 246 g/mol.